The van der Waals surface area contributed by atoms with E-state index in [-0.39, 0.29) is 5.48 Å². The van der Waals surface area contributed by atoms with Gasteiger partial charge in [0.05, 0.1) is 0 Å². The van der Waals surface area contributed by atoms with Gasteiger partial charge in [0.25, 0.3) is 0 Å². The zero-order chi connectivity index (χ0) is 8.39. The number of benzene rings is 1. The smallest absolute Gasteiger partial charge is 0.203 e. The molecule has 5 heteroatoms. The lowest BCUT2D eigenvalue weighted by atomic mass is 10.2. The fraction of sp³-hybridized carbons (Fsp3) is 0. The summed E-state index contributed by atoms with van der Waals surface area (Å²) in [5.74, 6) is 0. The zero-order valence-electron chi connectivity index (χ0n) is 6.77. The van der Waals surface area contributed by atoms with E-state index in [0.717, 1.165) is 10.6 Å². The third kappa shape index (κ3) is 2.01. The Hall–Kier alpha value is -1.46. The molecule has 0 spiro atoms. The van der Waals surface area contributed by atoms with E-state index in [4.69, 9.17) is 5.73 Å². The molecule has 1 heterocycles. The lowest BCUT2D eigenvalue weighted by Gasteiger charge is -1.90. The monoisotopic (exact) mass is 195 g/mol. The van der Waals surface area contributed by atoms with E-state index >= 15 is 0 Å². The molecule has 4 nitrogen and oxygen atoms in total. The highest BCUT2D eigenvalue weighted by molar-refractivity contribution is 7.18. The van der Waals surface area contributed by atoms with Crippen molar-refractivity contribution in [1.29, 1.82) is 0 Å². The SMILES string of the molecule is Nc1nnc(-c2ccccc2)s1.O. The molecule has 2 aromatic rings. The predicted octanol–water partition coefficient (Wildman–Crippen LogP) is 0.963. The summed E-state index contributed by atoms with van der Waals surface area (Å²) >= 11 is 1.40. The van der Waals surface area contributed by atoms with Gasteiger partial charge in [0, 0.05) is 5.56 Å². The minimum atomic E-state index is 0. The lowest BCUT2D eigenvalue weighted by Crippen LogP contribution is -1.80. The highest BCUT2D eigenvalue weighted by Crippen LogP contribution is 2.23. The Morgan fingerprint density at radius 2 is 1.77 bits per heavy atom. The summed E-state index contributed by atoms with van der Waals surface area (Å²) in [4.78, 5) is 0. The zero-order valence-corrected chi connectivity index (χ0v) is 7.58. The number of rotatable bonds is 1. The second-order valence-corrected chi connectivity index (χ2v) is 3.32. The van der Waals surface area contributed by atoms with E-state index in [9.17, 15) is 0 Å². The van der Waals surface area contributed by atoms with Gasteiger partial charge in [0.15, 0.2) is 0 Å². The quantitative estimate of drug-likeness (QED) is 0.735. The number of hydrogen-bond acceptors (Lipinski definition) is 4. The molecule has 0 unspecified atom stereocenters. The Labute approximate surface area is 79.4 Å². The molecule has 0 aliphatic carbocycles. The highest BCUT2D eigenvalue weighted by Gasteiger charge is 2.01. The lowest BCUT2D eigenvalue weighted by molar-refractivity contribution is 0.824. The van der Waals surface area contributed by atoms with Crippen LogP contribution in [0, 0.1) is 0 Å². The van der Waals surface area contributed by atoms with Crippen LogP contribution in [0.1, 0.15) is 0 Å². The van der Waals surface area contributed by atoms with Crippen LogP contribution in [-0.2, 0) is 0 Å². The molecule has 0 aliphatic rings. The van der Waals surface area contributed by atoms with E-state index in [2.05, 4.69) is 10.2 Å². The van der Waals surface area contributed by atoms with Crippen molar-refractivity contribution < 1.29 is 5.48 Å². The first-order valence-corrected chi connectivity index (χ1v) is 4.32. The van der Waals surface area contributed by atoms with Crippen LogP contribution < -0.4 is 5.73 Å². The number of nitrogens with two attached hydrogens (primary N) is 1. The summed E-state index contributed by atoms with van der Waals surface area (Å²) in [7, 11) is 0. The second kappa shape index (κ2) is 3.97. The van der Waals surface area contributed by atoms with Crippen LogP contribution in [0.5, 0.6) is 0 Å². The third-order valence-corrected chi connectivity index (χ3v) is 2.26. The molecule has 0 saturated heterocycles. The normalized spacial score (nSPS) is 9.23. The molecule has 2 rings (SSSR count). The molecule has 0 bridgehead atoms. The minimum Gasteiger partial charge on any atom is -0.412 e. The summed E-state index contributed by atoms with van der Waals surface area (Å²) in [6.45, 7) is 0. The number of hydrogen-bond donors (Lipinski definition) is 1. The van der Waals surface area contributed by atoms with Gasteiger partial charge in [0.1, 0.15) is 5.01 Å². The largest absolute Gasteiger partial charge is 0.412 e. The fourth-order valence-electron chi connectivity index (χ4n) is 0.932. The van der Waals surface area contributed by atoms with E-state index in [1.54, 1.807) is 0 Å². The third-order valence-electron chi connectivity index (χ3n) is 1.46. The molecule has 0 aliphatic heterocycles. The van der Waals surface area contributed by atoms with Gasteiger partial charge in [-0.25, -0.2) is 0 Å². The topological polar surface area (TPSA) is 83.3 Å². The first kappa shape index (κ1) is 9.63. The summed E-state index contributed by atoms with van der Waals surface area (Å²) in [5, 5.41) is 9.05. The highest BCUT2D eigenvalue weighted by atomic mass is 32.1. The van der Waals surface area contributed by atoms with E-state index < -0.39 is 0 Å². The van der Waals surface area contributed by atoms with Crippen LogP contribution in [0.3, 0.4) is 0 Å². The van der Waals surface area contributed by atoms with Gasteiger partial charge in [-0.2, -0.15) is 0 Å². The maximum atomic E-state index is 5.46. The second-order valence-electron chi connectivity index (χ2n) is 2.31. The molecule has 68 valence electrons. The summed E-state index contributed by atoms with van der Waals surface area (Å²) < 4.78 is 0. The number of aromatic nitrogens is 2. The van der Waals surface area contributed by atoms with E-state index in [1.807, 2.05) is 30.3 Å². The van der Waals surface area contributed by atoms with Crippen LogP contribution in [0.2, 0.25) is 0 Å². The van der Waals surface area contributed by atoms with Crippen LogP contribution in [0.25, 0.3) is 10.6 Å². The molecule has 1 aromatic carbocycles. The summed E-state index contributed by atoms with van der Waals surface area (Å²) in [6, 6.07) is 9.87. The van der Waals surface area contributed by atoms with Gasteiger partial charge < -0.3 is 11.2 Å². The van der Waals surface area contributed by atoms with Gasteiger partial charge >= 0.3 is 0 Å². The Morgan fingerprint density at radius 3 is 2.31 bits per heavy atom. The average Bonchev–Trinajstić information content (AvgIpc) is 2.54. The maximum Gasteiger partial charge on any atom is 0.203 e. The Balaban J connectivity index is 0.000000845. The van der Waals surface area contributed by atoms with Gasteiger partial charge in [0.2, 0.25) is 5.13 Å². The average molecular weight is 195 g/mol. The molecule has 13 heavy (non-hydrogen) atoms. The molecular formula is C8H9N3OS. The van der Waals surface area contributed by atoms with E-state index in [0.29, 0.717) is 5.13 Å². The van der Waals surface area contributed by atoms with Crippen molar-refractivity contribution in [3.63, 3.8) is 0 Å². The molecule has 0 fully saturated rings. The van der Waals surface area contributed by atoms with Crippen molar-refractivity contribution in [2.24, 2.45) is 0 Å². The van der Waals surface area contributed by atoms with Crippen molar-refractivity contribution in [1.82, 2.24) is 10.2 Å². The van der Waals surface area contributed by atoms with Crippen LogP contribution in [0.15, 0.2) is 30.3 Å². The summed E-state index contributed by atoms with van der Waals surface area (Å²) in [6.07, 6.45) is 0. The van der Waals surface area contributed by atoms with Crippen molar-refractivity contribution in [2.45, 2.75) is 0 Å². The number of nitrogen functional groups attached to an aromatic ring is 1. The minimum absolute atomic E-state index is 0. The molecule has 4 N–H and O–H groups in total. The molecule has 0 atom stereocenters. The van der Waals surface area contributed by atoms with Gasteiger partial charge in [-0.3, -0.25) is 0 Å². The molecule has 0 radical (unpaired) electrons. The van der Waals surface area contributed by atoms with Crippen molar-refractivity contribution in [3.05, 3.63) is 30.3 Å². The Bertz CT molecular complexity index is 374. The van der Waals surface area contributed by atoms with Gasteiger partial charge in [-0.05, 0) is 0 Å². The standard InChI is InChI=1S/C8H7N3S.H2O/c9-8-11-10-7(12-8)6-4-2-1-3-5-6;/h1-5H,(H2,9,11);1H2. The number of anilines is 1. The van der Waals surface area contributed by atoms with Crippen LogP contribution >= 0.6 is 11.3 Å². The molecule has 1 aromatic heterocycles. The number of nitrogens with zero attached hydrogens (tertiary/aromatic N) is 2. The fourth-order valence-corrected chi connectivity index (χ4v) is 1.55. The Kier molecular flexibility index (Phi) is 2.94. The van der Waals surface area contributed by atoms with Crippen molar-refractivity contribution in [3.8, 4) is 10.6 Å². The van der Waals surface area contributed by atoms with Crippen molar-refractivity contribution >= 4 is 16.5 Å². The first-order valence-electron chi connectivity index (χ1n) is 3.50. The predicted molar refractivity (Wildman–Crippen MR) is 53.4 cm³/mol. The van der Waals surface area contributed by atoms with Crippen LogP contribution in [-0.4, -0.2) is 15.7 Å². The summed E-state index contributed by atoms with van der Waals surface area (Å²) in [5.41, 5.74) is 6.52. The molecule has 0 saturated carbocycles. The van der Waals surface area contributed by atoms with Gasteiger partial charge in [-0.1, -0.05) is 41.7 Å². The first-order chi connectivity index (χ1) is 5.86. The molecule has 0 amide bonds. The van der Waals surface area contributed by atoms with Crippen LogP contribution in [0.4, 0.5) is 5.13 Å². The van der Waals surface area contributed by atoms with Gasteiger partial charge in [-0.15, -0.1) is 10.2 Å². The Morgan fingerprint density at radius 1 is 1.08 bits per heavy atom. The molecular weight excluding hydrogens is 186 g/mol. The maximum absolute atomic E-state index is 5.46. The van der Waals surface area contributed by atoms with Crippen molar-refractivity contribution in [2.75, 3.05) is 5.73 Å². The van der Waals surface area contributed by atoms with E-state index in [1.165, 1.54) is 11.3 Å².